The van der Waals surface area contributed by atoms with Crippen LogP contribution >= 0.6 is 0 Å². The van der Waals surface area contributed by atoms with Crippen LogP contribution in [0.3, 0.4) is 0 Å². The molecule has 1 rings (SSSR count). The molecule has 2 nitrogen and oxygen atoms in total. The molecule has 12 heavy (non-hydrogen) atoms. The number of hydrogen-bond acceptors (Lipinski definition) is 2. The molecule has 1 N–H and O–H groups in total. The molecule has 2 heteroatoms. The maximum absolute atomic E-state index is 5.16. The molecule has 1 aliphatic rings. The third-order valence-electron chi connectivity index (χ3n) is 2.19. The van der Waals surface area contributed by atoms with Crippen molar-refractivity contribution >= 4 is 0 Å². The highest BCUT2D eigenvalue weighted by atomic mass is 16.5. The number of allylic oxidation sites excluding steroid dienone is 2. The van der Waals surface area contributed by atoms with E-state index in [1.807, 2.05) is 6.20 Å². The van der Waals surface area contributed by atoms with Gasteiger partial charge in [0.1, 0.15) is 0 Å². The summed E-state index contributed by atoms with van der Waals surface area (Å²) in [6.45, 7) is 3.99. The Hall–Kier alpha value is -0.760. The maximum atomic E-state index is 5.16. The molecule has 0 saturated carbocycles. The van der Waals surface area contributed by atoms with Crippen LogP contribution in [0.25, 0.3) is 0 Å². The summed E-state index contributed by atoms with van der Waals surface area (Å²) in [6.07, 6.45) is 7.35. The van der Waals surface area contributed by atoms with E-state index in [4.69, 9.17) is 4.74 Å². The van der Waals surface area contributed by atoms with E-state index in [1.54, 1.807) is 7.11 Å². The van der Waals surface area contributed by atoms with Crippen molar-refractivity contribution in [3.8, 4) is 0 Å². The quantitative estimate of drug-likeness (QED) is 0.690. The molecule has 1 atom stereocenters. The SMILES string of the molecule is CCC1=CC=CNCC1COC. The van der Waals surface area contributed by atoms with Gasteiger partial charge in [-0.05, 0) is 18.7 Å². The summed E-state index contributed by atoms with van der Waals surface area (Å²) >= 11 is 0. The molecule has 0 aliphatic carbocycles. The van der Waals surface area contributed by atoms with Crippen molar-refractivity contribution in [2.24, 2.45) is 5.92 Å². The summed E-state index contributed by atoms with van der Waals surface area (Å²) in [5.41, 5.74) is 1.47. The summed E-state index contributed by atoms with van der Waals surface area (Å²) in [6, 6.07) is 0. The first-order valence-corrected chi connectivity index (χ1v) is 4.46. The maximum Gasteiger partial charge on any atom is 0.0544 e. The Kier molecular flexibility index (Phi) is 3.88. The van der Waals surface area contributed by atoms with Crippen LogP contribution in [-0.4, -0.2) is 20.3 Å². The van der Waals surface area contributed by atoms with E-state index in [2.05, 4.69) is 24.4 Å². The molecule has 0 aromatic rings. The first-order chi connectivity index (χ1) is 5.88. The lowest BCUT2D eigenvalue weighted by atomic mass is 9.98. The smallest absolute Gasteiger partial charge is 0.0544 e. The lowest BCUT2D eigenvalue weighted by Crippen LogP contribution is -2.22. The van der Waals surface area contributed by atoms with Crippen molar-refractivity contribution in [3.05, 3.63) is 23.9 Å². The fourth-order valence-corrected chi connectivity index (χ4v) is 1.49. The van der Waals surface area contributed by atoms with E-state index in [0.717, 1.165) is 19.6 Å². The molecule has 1 heterocycles. The highest BCUT2D eigenvalue weighted by Crippen LogP contribution is 2.16. The van der Waals surface area contributed by atoms with Gasteiger partial charge in [-0.15, -0.1) is 0 Å². The molecule has 68 valence electrons. The van der Waals surface area contributed by atoms with Crippen molar-refractivity contribution in [2.75, 3.05) is 20.3 Å². The third-order valence-corrected chi connectivity index (χ3v) is 2.19. The minimum atomic E-state index is 0.537. The monoisotopic (exact) mass is 167 g/mol. The number of methoxy groups -OCH3 is 1. The molecular weight excluding hydrogens is 150 g/mol. The van der Waals surface area contributed by atoms with E-state index in [9.17, 15) is 0 Å². The number of nitrogens with one attached hydrogen (secondary N) is 1. The Bertz CT molecular complexity index is 184. The van der Waals surface area contributed by atoms with Crippen LogP contribution in [0.15, 0.2) is 23.9 Å². The van der Waals surface area contributed by atoms with Gasteiger partial charge >= 0.3 is 0 Å². The topological polar surface area (TPSA) is 21.3 Å². The lowest BCUT2D eigenvalue weighted by Gasteiger charge is -2.16. The van der Waals surface area contributed by atoms with Crippen molar-refractivity contribution in [1.29, 1.82) is 0 Å². The predicted molar refractivity (Wildman–Crippen MR) is 50.9 cm³/mol. The molecular formula is C10H17NO. The zero-order valence-corrected chi connectivity index (χ0v) is 7.84. The standard InChI is InChI=1S/C10H17NO/c1-3-9-5-4-6-11-7-10(9)8-12-2/h4-6,10-11H,3,7-8H2,1-2H3. The van der Waals surface area contributed by atoms with Gasteiger partial charge in [0.25, 0.3) is 0 Å². The van der Waals surface area contributed by atoms with Crippen LogP contribution in [-0.2, 0) is 4.74 Å². The molecule has 0 bridgehead atoms. The van der Waals surface area contributed by atoms with Gasteiger partial charge in [0.05, 0.1) is 6.61 Å². The minimum absolute atomic E-state index is 0.537. The van der Waals surface area contributed by atoms with Crippen LogP contribution < -0.4 is 5.32 Å². The normalized spacial score (nSPS) is 22.8. The largest absolute Gasteiger partial charge is 0.390 e. The molecule has 0 radical (unpaired) electrons. The van der Waals surface area contributed by atoms with Crippen LogP contribution in [0.2, 0.25) is 0 Å². The van der Waals surface area contributed by atoms with Gasteiger partial charge in [-0.1, -0.05) is 18.6 Å². The highest BCUT2D eigenvalue weighted by Gasteiger charge is 2.12. The summed E-state index contributed by atoms with van der Waals surface area (Å²) in [5.74, 6) is 0.537. The fourth-order valence-electron chi connectivity index (χ4n) is 1.49. The summed E-state index contributed by atoms with van der Waals surface area (Å²) in [4.78, 5) is 0. The van der Waals surface area contributed by atoms with Crippen molar-refractivity contribution in [2.45, 2.75) is 13.3 Å². The molecule has 1 aliphatic heterocycles. The fraction of sp³-hybridized carbons (Fsp3) is 0.600. The Morgan fingerprint density at radius 2 is 2.50 bits per heavy atom. The van der Waals surface area contributed by atoms with Crippen molar-refractivity contribution in [1.82, 2.24) is 5.32 Å². The van der Waals surface area contributed by atoms with Gasteiger partial charge in [-0.25, -0.2) is 0 Å². The number of rotatable bonds is 3. The zero-order valence-electron chi connectivity index (χ0n) is 7.84. The Morgan fingerprint density at radius 3 is 3.17 bits per heavy atom. The van der Waals surface area contributed by atoms with E-state index in [1.165, 1.54) is 5.57 Å². The first kappa shape index (κ1) is 9.33. The molecule has 0 amide bonds. The van der Waals surface area contributed by atoms with Gasteiger partial charge in [0.2, 0.25) is 0 Å². The van der Waals surface area contributed by atoms with Crippen LogP contribution in [0.4, 0.5) is 0 Å². The molecule has 0 aromatic carbocycles. The Balaban J connectivity index is 2.58. The van der Waals surface area contributed by atoms with Gasteiger partial charge in [0.15, 0.2) is 0 Å². The number of ether oxygens (including phenoxy) is 1. The third kappa shape index (κ3) is 2.38. The summed E-state index contributed by atoms with van der Waals surface area (Å²) in [7, 11) is 1.76. The minimum Gasteiger partial charge on any atom is -0.390 e. The average Bonchev–Trinajstić information content (AvgIpc) is 2.30. The Morgan fingerprint density at radius 1 is 1.67 bits per heavy atom. The molecule has 1 unspecified atom stereocenters. The second kappa shape index (κ2) is 4.99. The van der Waals surface area contributed by atoms with Crippen molar-refractivity contribution in [3.63, 3.8) is 0 Å². The Labute approximate surface area is 74.3 Å². The van der Waals surface area contributed by atoms with E-state index >= 15 is 0 Å². The second-order valence-electron chi connectivity index (χ2n) is 3.01. The number of hydrogen-bond donors (Lipinski definition) is 1. The van der Waals surface area contributed by atoms with Crippen LogP contribution in [0.1, 0.15) is 13.3 Å². The lowest BCUT2D eigenvalue weighted by molar-refractivity contribution is 0.165. The van der Waals surface area contributed by atoms with E-state index in [-0.39, 0.29) is 0 Å². The molecule has 0 spiro atoms. The van der Waals surface area contributed by atoms with E-state index < -0.39 is 0 Å². The van der Waals surface area contributed by atoms with Crippen LogP contribution in [0, 0.1) is 5.92 Å². The van der Waals surface area contributed by atoms with Gasteiger partial charge in [-0.3, -0.25) is 0 Å². The van der Waals surface area contributed by atoms with Crippen molar-refractivity contribution < 1.29 is 4.74 Å². The zero-order chi connectivity index (χ0) is 8.81. The molecule has 0 saturated heterocycles. The molecule has 0 fully saturated rings. The van der Waals surface area contributed by atoms with Crippen LogP contribution in [0.5, 0.6) is 0 Å². The van der Waals surface area contributed by atoms with E-state index in [0.29, 0.717) is 5.92 Å². The summed E-state index contributed by atoms with van der Waals surface area (Å²) < 4.78 is 5.16. The second-order valence-corrected chi connectivity index (χ2v) is 3.01. The van der Waals surface area contributed by atoms with Gasteiger partial charge in [-0.2, -0.15) is 0 Å². The average molecular weight is 167 g/mol. The predicted octanol–water partition coefficient (Wildman–Crippen LogP) is 1.70. The first-order valence-electron chi connectivity index (χ1n) is 4.46. The highest BCUT2D eigenvalue weighted by molar-refractivity contribution is 5.17. The molecule has 0 aromatic heterocycles. The van der Waals surface area contributed by atoms with Gasteiger partial charge < -0.3 is 10.1 Å². The summed E-state index contributed by atoms with van der Waals surface area (Å²) in [5, 5.41) is 3.23. The van der Waals surface area contributed by atoms with Gasteiger partial charge in [0, 0.05) is 19.6 Å².